The molecule has 0 saturated carbocycles. The van der Waals surface area contributed by atoms with Gasteiger partial charge in [-0.3, -0.25) is 0 Å². The van der Waals surface area contributed by atoms with Crippen LogP contribution in [0.2, 0.25) is 0 Å². The van der Waals surface area contributed by atoms with Gasteiger partial charge in [0.05, 0.1) is 26.3 Å². The first-order valence-electron chi connectivity index (χ1n) is 5.11. The molecule has 0 aliphatic carbocycles. The molecule has 90 valence electrons. The average molecular weight is 228 g/mol. The van der Waals surface area contributed by atoms with Crippen LogP contribution >= 0.6 is 0 Å². The molecule has 0 bridgehead atoms. The Balaban J connectivity index is 3.26. The Hall–Kier alpha value is -1.32. The maximum atomic E-state index is 9.74. The van der Waals surface area contributed by atoms with E-state index in [4.69, 9.17) is 9.47 Å². The third-order valence-electron chi connectivity index (χ3n) is 1.66. The van der Waals surface area contributed by atoms with E-state index in [0.717, 1.165) is 0 Å². The zero-order chi connectivity index (χ0) is 12.1. The van der Waals surface area contributed by atoms with Gasteiger partial charge in [-0.25, -0.2) is 19.6 Å². The van der Waals surface area contributed by atoms with Gasteiger partial charge in [-0.2, -0.15) is 0 Å². The highest BCUT2D eigenvalue weighted by Crippen LogP contribution is 1.96. The summed E-state index contributed by atoms with van der Waals surface area (Å²) in [5.74, 6) is 0. The van der Waals surface area contributed by atoms with Crippen molar-refractivity contribution in [3.63, 3.8) is 0 Å². The lowest BCUT2D eigenvalue weighted by molar-refractivity contribution is -0.130. The van der Waals surface area contributed by atoms with Crippen molar-refractivity contribution in [2.24, 2.45) is 9.98 Å². The standard InChI is InChI=1S/C10H16N2O4/c1-10(15-6-2-4-11-8-13)16-7-3-5-12-9-14/h10H,2-7H2,1H3. The minimum atomic E-state index is -0.305. The van der Waals surface area contributed by atoms with E-state index in [1.807, 2.05) is 0 Å². The first kappa shape index (κ1) is 14.7. The molecule has 0 radical (unpaired) electrons. The lowest BCUT2D eigenvalue weighted by atomic mass is 10.4. The molecule has 0 N–H and O–H groups in total. The molecule has 6 heteroatoms. The lowest BCUT2D eigenvalue weighted by Crippen LogP contribution is -2.15. The quantitative estimate of drug-likeness (QED) is 0.240. The summed E-state index contributed by atoms with van der Waals surface area (Å²) in [7, 11) is 0. The Kier molecular flexibility index (Phi) is 10.8. The van der Waals surface area contributed by atoms with Gasteiger partial charge in [-0.1, -0.05) is 0 Å². The Morgan fingerprint density at radius 3 is 1.81 bits per heavy atom. The summed E-state index contributed by atoms with van der Waals surface area (Å²) >= 11 is 0. The Labute approximate surface area is 94.4 Å². The van der Waals surface area contributed by atoms with Crippen molar-refractivity contribution in [1.82, 2.24) is 0 Å². The van der Waals surface area contributed by atoms with E-state index in [-0.39, 0.29) is 6.29 Å². The van der Waals surface area contributed by atoms with Crippen molar-refractivity contribution in [3.8, 4) is 0 Å². The van der Waals surface area contributed by atoms with E-state index >= 15 is 0 Å². The number of ether oxygens (including phenoxy) is 2. The number of rotatable bonds is 10. The largest absolute Gasteiger partial charge is 0.353 e. The summed E-state index contributed by atoms with van der Waals surface area (Å²) in [6.07, 6.45) is 3.94. The predicted octanol–water partition coefficient (Wildman–Crippen LogP) is 0.817. The highest BCUT2D eigenvalue weighted by atomic mass is 16.7. The van der Waals surface area contributed by atoms with Gasteiger partial charge in [0, 0.05) is 0 Å². The fraction of sp³-hybridized carbons (Fsp3) is 0.800. The molecule has 0 fully saturated rings. The molecule has 16 heavy (non-hydrogen) atoms. The fourth-order valence-corrected chi connectivity index (χ4v) is 0.925. The van der Waals surface area contributed by atoms with E-state index in [1.54, 1.807) is 6.92 Å². The van der Waals surface area contributed by atoms with Crippen LogP contribution in [-0.2, 0) is 19.1 Å². The number of carbonyl (C=O) groups excluding carboxylic acids is 2. The van der Waals surface area contributed by atoms with Crippen LogP contribution < -0.4 is 0 Å². The lowest BCUT2D eigenvalue weighted by Gasteiger charge is -2.12. The molecule has 0 aliphatic heterocycles. The van der Waals surface area contributed by atoms with Crippen LogP contribution in [0.15, 0.2) is 9.98 Å². The summed E-state index contributed by atoms with van der Waals surface area (Å²) in [4.78, 5) is 26.3. The van der Waals surface area contributed by atoms with E-state index in [0.29, 0.717) is 39.1 Å². The van der Waals surface area contributed by atoms with Crippen molar-refractivity contribution in [2.75, 3.05) is 26.3 Å². The predicted molar refractivity (Wildman–Crippen MR) is 56.6 cm³/mol. The maximum Gasteiger partial charge on any atom is 0.234 e. The smallest absolute Gasteiger partial charge is 0.234 e. The molecule has 0 atom stereocenters. The average Bonchev–Trinajstić information content (AvgIpc) is 2.28. The van der Waals surface area contributed by atoms with E-state index in [1.165, 1.54) is 12.2 Å². The number of hydrogen-bond acceptors (Lipinski definition) is 6. The number of isocyanates is 2. The van der Waals surface area contributed by atoms with E-state index in [9.17, 15) is 9.59 Å². The molecular formula is C10H16N2O4. The summed E-state index contributed by atoms with van der Waals surface area (Å²) in [5, 5.41) is 0. The minimum absolute atomic E-state index is 0.305. The van der Waals surface area contributed by atoms with Gasteiger partial charge in [0.25, 0.3) is 0 Å². The van der Waals surface area contributed by atoms with Crippen molar-refractivity contribution < 1.29 is 19.1 Å². The first-order valence-corrected chi connectivity index (χ1v) is 5.11. The van der Waals surface area contributed by atoms with Gasteiger partial charge < -0.3 is 9.47 Å². The molecule has 0 amide bonds. The van der Waals surface area contributed by atoms with Crippen LogP contribution in [-0.4, -0.2) is 44.8 Å². The molecule has 0 unspecified atom stereocenters. The second-order valence-corrected chi connectivity index (χ2v) is 2.96. The molecule has 0 aromatic rings. The molecule has 0 heterocycles. The normalized spacial score (nSPS) is 11.3. The van der Waals surface area contributed by atoms with Crippen molar-refractivity contribution in [1.29, 1.82) is 0 Å². The van der Waals surface area contributed by atoms with Crippen LogP contribution in [0, 0.1) is 0 Å². The summed E-state index contributed by atoms with van der Waals surface area (Å²) in [6.45, 7) is 3.60. The summed E-state index contributed by atoms with van der Waals surface area (Å²) < 4.78 is 10.6. The van der Waals surface area contributed by atoms with Crippen LogP contribution in [0.5, 0.6) is 0 Å². The monoisotopic (exact) mass is 228 g/mol. The SMILES string of the molecule is CC(OCCCN=C=O)OCCCN=C=O. The number of nitrogens with zero attached hydrogens (tertiary/aromatic N) is 2. The zero-order valence-electron chi connectivity index (χ0n) is 9.35. The van der Waals surface area contributed by atoms with Crippen molar-refractivity contribution >= 4 is 12.2 Å². The second-order valence-electron chi connectivity index (χ2n) is 2.96. The van der Waals surface area contributed by atoms with Crippen LogP contribution in [0.4, 0.5) is 0 Å². The molecule has 0 spiro atoms. The van der Waals surface area contributed by atoms with E-state index in [2.05, 4.69) is 9.98 Å². The first-order chi connectivity index (χ1) is 7.81. The third-order valence-corrected chi connectivity index (χ3v) is 1.66. The highest BCUT2D eigenvalue weighted by Gasteiger charge is 2.00. The van der Waals surface area contributed by atoms with Gasteiger partial charge in [0.1, 0.15) is 0 Å². The Morgan fingerprint density at radius 2 is 1.44 bits per heavy atom. The van der Waals surface area contributed by atoms with Crippen molar-refractivity contribution in [3.05, 3.63) is 0 Å². The molecule has 6 nitrogen and oxygen atoms in total. The minimum Gasteiger partial charge on any atom is -0.353 e. The van der Waals surface area contributed by atoms with Crippen molar-refractivity contribution in [2.45, 2.75) is 26.1 Å². The molecule has 0 saturated heterocycles. The number of aliphatic imine (C=N–C) groups is 2. The number of hydrogen-bond donors (Lipinski definition) is 0. The third kappa shape index (κ3) is 10.8. The second kappa shape index (κ2) is 11.8. The fourth-order valence-electron chi connectivity index (χ4n) is 0.925. The summed E-state index contributed by atoms with van der Waals surface area (Å²) in [6, 6.07) is 0. The Bertz CT molecular complexity index is 232. The van der Waals surface area contributed by atoms with Crippen LogP contribution in [0.25, 0.3) is 0 Å². The van der Waals surface area contributed by atoms with Crippen LogP contribution in [0.3, 0.4) is 0 Å². The zero-order valence-corrected chi connectivity index (χ0v) is 9.35. The molecule has 0 aliphatic rings. The van der Waals surface area contributed by atoms with Gasteiger partial charge in [0.2, 0.25) is 12.2 Å². The molecular weight excluding hydrogens is 212 g/mol. The molecule has 0 aromatic carbocycles. The van der Waals surface area contributed by atoms with Gasteiger partial charge in [-0.05, 0) is 19.8 Å². The molecule has 0 aromatic heterocycles. The van der Waals surface area contributed by atoms with Gasteiger partial charge in [-0.15, -0.1) is 0 Å². The van der Waals surface area contributed by atoms with Crippen LogP contribution in [0.1, 0.15) is 19.8 Å². The van der Waals surface area contributed by atoms with Gasteiger partial charge >= 0.3 is 0 Å². The topological polar surface area (TPSA) is 77.3 Å². The van der Waals surface area contributed by atoms with E-state index < -0.39 is 0 Å². The highest BCUT2D eigenvalue weighted by molar-refractivity contribution is 5.32. The van der Waals surface area contributed by atoms with Gasteiger partial charge in [0.15, 0.2) is 6.29 Å². The molecule has 0 rings (SSSR count). The summed E-state index contributed by atoms with van der Waals surface area (Å²) in [5.41, 5.74) is 0. The Morgan fingerprint density at radius 1 is 1.00 bits per heavy atom. The maximum absolute atomic E-state index is 9.74.